The van der Waals surface area contributed by atoms with E-state index >= 15 is 0 Å². The molecule has 0 aliphatic carbocycles. The Bertz CT molecular complexity index is 497. The minimum atomic E-state index is -1.23. The van der Waals surface area contributed by atoms with Crippen LogP contribution in [0.3, 0.4) is 0 Å². The van der Waals surface area contributed by atoms with E-state index in [9.17, 15) is 9.35 Å². The van der Waals surface area contributed by atoms with Crippen LogP contribution in [0.5, 0.6) is 0 Å². The van der Waals surface area contributed by atoms with Gasteiger partial charge in [-0.15, -0.1) is 0 Å². The fourth-order valence-corrected chi connectivity index (χ4v) is 4.42. The molecule has 1 aromatic rings. The summed E-state index contributed by atoms with van der Waals surface area (Å²) in [5, 5.41) is 4.02. The van der Waals surface area contributed by atoms with Gasteiger partial charge in [-0.25, -0.2) is 4.79 Å². The molecule has 2 unspecified atom stereocenters. The lowest BCUT2D eigenvalue weighted by atomic mass is 9.79. The number of halogens is 1. The average molecular weight is 344 g/mol. The summed E-state index contributed by atoms with van der Waals surface area (Å²) in [7, 11) is 1.32. The lowest BCUT2D eigenvalue weighted by Crippen LogP contribution is -2.44. The third-order valence-corrected chi connectivity index (χ3v) is 6.28. The van der Waals surface area contributed by atoms with Gasteiger partial charge in [0.15, 0.2) is 0 Å². The predicted octanol–water partition coefficient (Wildman–Crippen LogP) is 2.34. The minimum absolute atomic E-state index is 0.0402. The molecule has 6 heteroatoms. The second kappa shape index (κ2) is 8.20. The molecule has 1 aliphatic rings. The SMILES string of the molecule is COC(=O)C[S+]([O-])C(C)[C@H]1CNCC[C@@H]1c1ccc(Cl)cc1. The van der Waals surface area contributed by atoms with Gasteiger partial charge in [-0.05, 0) is 54.7 Å². The number of rotatable bonds is 5. The van der Waals surface area contributed by atoms with Gasteiger partial charge in [0.05, 0.1) is 7.11 Å². The highest BCUT2D eigenvalue weighted by Gasteiger charge is 2.37. The highest BCUT2D eigenvalue weighted by molar-refractivity contribution is 7.92. The normalized spacial score (nSPS) is 24.5. The molecule has 2 rings (SSSR count). The van der Waals surface area contributed by atoms with E-state index in [2.05, 4.69) is 10.1 Å². The number of nitrogens with one attached hydrogen (secondary N) is 1. The summed E-state index contributed by atoms with van der Waals surface area (Å²) >= 11 is 4.73. The molecule has 22 heavy (non-hydrogen) atoms. The lowest BCUT2D eigenvalue weighted by Gasteiger charge is -2.36. The van der Waals surface area contributed by atoms with Crippen molar-refractivity contribution in [2.45, 2.75) is 24.5 Å². The fourth-order valence-electron chi connectivity index (χ4n) is 3.00. The lowest BCUT2D eigenvalue weighted by molar-refractivity contribution is -0.137. The average Bonchev–Trinajstić information content (AvgIpc) is 2.54. The number of carbonyl (C=O) groups is 1. The van der Waals surface area contributed by atoms with Gasteiger partial charge >= 0.3 is 5.97 Å². The van der Waals surface area contributed by atoms with E-state index in [0.717, 1.165) is 24.5 Å². The molecule has 0 saturated carbocycles. The van der Waals surface area contributed by atoms with Crippen LogP contribution in [-0.4, -0.2) is 41.7 Å². The number of piperidine rings is 1. The molecule has 4 nitrogen and oxygen atoms in total. The summed E-state index contributed by atoms with van der Waals surface area (Å²) in [6.07, 6.45) is 0.992. The van der Waals surface area contributed by atoms with Crippen LogP contribution in [0.2, 0.25) is 5.02 Å². The Morgan fingerprint density at radius 1 is 1.50 bits per heavy atom. The maximum absolute atomic E-state index is 12.4. The molecule has 1 aromatic carbocycles. The highest BCUT2D eigenvalue weighted by atomic mass is 35.5. The van der Waals surface area contributed by atoms with Gasteiger partial charge in [0.2, 0.25) is 5.75 Å². The molecule has 4 atom stereocenters. The van der Waals surface area contributed by atoms with Crippen molar-refractivity contribution in [2.24, 2.45) is 5.92 Å². The number of benzene rings is 1. The number of hydrogen-bond acceptors (Lipinski definition) is 4. The van der Waals surface area contributed by atoms with Crippen LogP contribution in [0.4, 0.5) is 0 Å². The van der Waals surface area contributed by atoms with Crippen molar-refractivity contribution in [3.8, 4) is 0 Å². The topological polar surface area (TPSA) is 61.4 Å². The van der Waals surface area contributed by atoms with Crippen molar-refractivity contribution in [2.75, 3.05) is 26.0 Å². The molecule has 1 aliphatic heterocycles. The molecule has 0 aromatic heterocycles. The molecule has 1 fully saturated rings. The zero-order valence-corrected chi connectivity index (χ0v) is 14.5. The third-order valence-electron chi connectivity index (χ3n) is 4.33. The van der Waals surface area contributed by atoms with Gasteiger partial charge in [-0.1, -0.05) is 23.7 Å². The maximum atomic E-state index is 12.4. The molecular weight excluding hydrogens is 322 g/mol. The maximum Gasteiger partial charge on any atom is 0.356 e. The van der Waals surface area contributed by atoms with Gasteiger partial charge in [-0.3, -0.25) is 0 Å². The van der Waals surface area contributed by atoms with E-state index in [0.29, 0.717) is 5.92 Å². The number of methoxy groups -OCH3 is 1. The highest BCUT2D eigenvalue weighted by Crippen LogP contribution is 2.35. The quantitative estimate of drug-likeness (QED) is 0.658. The van der Waals surface area contributed by atoms with Crippen molar-refractivity contribution < 1.29 is 14.1 Å². The smallest absolute Gasteiger partial charge is 0.356 e. The fraction of sp³-hybridized carbons (Fsp3) is 0.562. The van der Waals surface area contributed by atoms with E-state index in [1.54, 1.807) is 0 Å². The van der Waals surface area contributed by atoms with Crippen LogP contribution in [0.15, 0.2) is 24.3 Å². The third kappa shape index (κ3) is 4.38. The van der Waals surface area contributed by atoms with Crippen molar-refractivity contribution >= 4 is 28.7 Å². The van der Waals surface area contributed by atoms with E-state index < -0.39 is 17.1 Å². The standard InChI is InChI=1S/C16H22ClNO3S/c1-11(22(20)10-16(19)21-2)15-9-18-8-7-14(15)12-3-5-13(17)6-4-12/h3-6,11,14-15,18H,7-10H2,1-2H3/t11?,14-,15-,22?/m1/s1. The van der Waals surface area contributed by atoms with Crippen molar-refractivity contribution in [3.05, 3.63) is 34.9 Å². The monoisotopic (exact) mass is 343 g/mol. The van der Waals surface area contributed by atoms with Gasteiger partial charge in [0, 0.05) is 17.5 Å². The Labute approximate surface area is 139 Å². The summed E-state index contributed by atoms with van der Waals surface area (Å²) in [4.78, 5) is 11.4. The summed E-state index contributed by atoms with van der Waals surface area (Å²) in [5.74, 6) is 0.0918. The Balaban J connectivity index is 2.11. The first-order chi connectivity index (χ1) is 10.5. The largest absolute Gasteiger partial charge is 0.616 e. The number of carbonyl (C=O) groups excluding carboxylic acids is 1. The number of esters is 1. The Morgan fingerprint density at radius 2 is 2.18 bits per heavy atom. The van der Waals surface area contributed by atoms with E-state index in [4.69, 9.17) is 11.6 Å². The minimum Gasteiger partial charge on any atom is -0.616 e. The van der Waals surface area contributed by atoms with Gasteiger partial charge in [-0.2, -0.15) is 0 Å². The van der Waals surface area contributed by atoms with Crippen LogP contribution in [0.1, 0.15) is 24.8 Å². The molecule has 0 amide bonds. The zero-order chi connectivity index (χ0) is 16.1. The van der Waals surface area contributed by atoms with Crippen LogP contribution in [0.25, 0.3) is 0 Å². The second-order valence-corrected chi connectivity index (χ2v) is 7.85. The molecule has 1 saturated heterocycles. The van der Waals surface area contributed by atoms with Crippen molar-refractivity contribution in [1.29, 1.82) is 0 Å². The van der Waals surface area contributed by atoms with Gasteiger partial charge in [0.25, 0.3) is 0 Å². The molecule has 122 valence electrons. The van der Waals surface area contributed by atoms with Crippen molar-refractivity contribution in [1.82, 2.24) is 5.32 Å². The van der Waals surface area contributed by atoms with Crippen LogP contribution in [0, 0.1) is 5.92 Å². The number of hydrogen-bond donors (Lipinski definition) is 1. The van der Waals surface area contributed by atoms with E-state index in [1.807, 2.05) is 31.2 Å². The zero-order valence-electron chi connectivity index (χ0n) is 12.9. The molecule has 0 spiro atoms. The Morgan fingerprint density at radius 3 is 2.82 bits per heavy atom. The Hall–Kier alpha value is -0.750. The first kappa shape index (κ1) is 17.6. The first-order valence-electron chi connectivity index (χ1n) is 7.43. The molecular formula is C16H22ClNO3S. The van der Waals surface area contributed by atoms with E-state index in [1.165, 1.54) is 12.7 Å². The molecule has 0 radical (unpaired) electrons. The van der Waals surface area contributed by atoms with Crippen molar-refractivity contribution in [3.63, 3.8) is 0 Å². The van der Waals surface area contributed by atoms with Crippen LogP contribution >= 0.6 is 11.6 Å². The van der Waals surface area contributed by atoms with Gasteiger partial charge < -0.3 is 14.6 Å². The molecule has 0 bridgehead atoms. The summed E-state index contributed by atoms with van der Waals surface area (Å²) < 4.78 is 17.0. The second-order valence-electron chi connectivity index (χ2n) is 5.62. The van der Waals surface area contributed by atoms with E-state index in [-0.39, 0.29) is 16.9 Å². The summed E-state index contributed by atoms with van der Waals surface area (Å²) in [5.41, 5.74) is 1.22. The van der Waals surface area contributed by atoms with Crippen LogP contribution in [-0.2, 0) is 20.7 Å². The summed E-state index contributed by atoms with van der Waals surface area (Å²) in [6.45, 7) is 3.71. The molecule has 1 N–H and O–H groups in total. The van der Waals surface area contributed by atoms with Gasteiger partial charge in [0.1, 0.15) is 5.25 Å². The molecule has 1 heterocycles. The predicted molar refractivity (Wildman–Crippen MR) is 89.7 cm³/mol. The van der Waals surface area contributed by atoms with Crippen LogP contribution < -0.4 is 5.32 Å². The first-order valence-corrected chi connectivity index (χ1v) is 9.19. The summed E-state index contributed by atoms with van der Waals surface area (Å²) in [6, 6.07) is 7.88. The number of ether oxygens (including phenoxy) is 1. The Kier molecular flexibility index (Phi) is 6.56.